The van der Waals surface area contributed by atoms with Gasteiger partial charge in [0.1, 0.15) is 47.2 Å². The first-order valence-corrected chi connectivity index (χ1v) is 10.2. The van der Waals surface area contributed by atoms with E-state index >= 15 is 0 Å². The van der Waals surface area contributed by atoms with Crippen molar-refractivity contribution in [1.82, 2.24) is 15.0 Å². The van der Waals surface area contributed by atoms with Crippen LogP contribution in [0.3, 0.4) is 0 Å². The van der Waals surface area contributed by atoms with Crippen molar-refractivity contribution in [3.8, 4) is 0 Å². The van der Waals surface area contributed by atoms with Crippen molar-refractivity contribution in [3.05, 3.63) is 0 Å². The van der Waals surface area contributed by atoms with Gasteiger partial charge < -0.3 is 52.8 Å². The van der Waals surface area contributed by atoms with Gasteiger partial charge in [0, 0.05) is 28.4 Å². The van der Waals surface area contributed by atoms with Gasteiger partial charge in [0.05, 0.1) is 0 Å². The molecule has 1 aromatic heterocycles. The third-order valence-corrected chi connectivity index (χ3v) is 3.76. The molecule has 0 aromatic carbocycles. The number of aliphatic hydroxyl groups excluding tert-OH is 2. The second-order valence-corrected chi connectivity index (χ2v) is 6.42. The Balaban J connectivity index is 2.73. The summed E-state index contributed by atoms with van der Waals surface area (Å²) in [5.74, 6) is 0.352. The van der Waals surface area contributed by atoms with Crippen LogP contribution in [0.15, 0.2) is 0 Å². The molecule has 0 saturated carbocycles. The molecule has 35 heavy (non-hydrogen) atoms. The molecule has 17 heteroatoms. The van der Waals surface area contributed by atoms with Gasteiger partial charge in [-0.25, -0.2) is 0 Å². The normalized spacial score (nSPS) is 11.1. The Morgan fingerprint density at radius 1 is 0.486 bits per heavy atom. The quantitative estimate of drug-likeness (QED) is 0.128. The number of ether oxygens (including phenoxy) is 9. The Labute approximate surface area is 203 Å². The summed E-state index contributed by atoms with van der Waals surface area (Å²) in [7, 11) is 5.99. The minimum absolute atomic E-state index is 0.0135. The number of anilines is 3. The van der Waals surface area contributed by atoms with Crippen LogP contribution < -0.4 is 14.7 Å². The zero-order valence-corrected chi connectivity index (χ0v) is 20.5. The number of aromatic nitrogens is 3. The van der Waals surface area contributed by atoms with Gasteiger partial charge in [-0.05, 0) is 0 Å². The molecule has 2 N–H and O–H groups in total. The maximum Gasteiger partial charge on any atom is 0.235 e. The van der Waals surface area contributed by atoms with Crippen molar-refractivity contribution in [2.45, 2.75) is 0 Å². The molecule has 0 fully saturated rings. The maximum absolute atomic E-state index is 9.86. The highest BCUT2D eigenvalue weighted by atomic mass is 16.8. The first-order chi connectivity index (χ1) is 17.1. The third kappa shape index (κ3) is 12.5. The van der Waals surface area contributed by atoms with Gasteiger partial charge in [0.2, 0.25) is 17.8 Å². The van der Waals surface area contributed by atoms with Crippen LogP contribution in [0.5, 0.6) is 0 Å². The molecular weight excluding hydrogens is 476 g/mol. The molecule has 0 amide bonds. The third-order valence-electron chi connectivity index (χ3n) is 3.76. The number of aliphatic hydroxyl groups is 2. The van der Waals surface area contributed by atoms with Crippen molar-refractivity contribution in [2.24, 2.45) is 0 Å². The fourth-order valence-electron chi connectivity index (χ4n) is 2.31. The zero-order chi connectivity index (χ0) is 25.7. The lowest BCUT2D eigenvalue weighted by Crippen LogP contribution is -2.35. The minimum Gasteiger partial charge on any atom is -0.376 e. The first kappa shape index (κ1) is 31.0. The van der Waals surface area contributed by atoms with Gasteiger partial charge in [-0.1, -0.05) is 0 Å². The Morgan fingerprint density at radius 3 is 1.29 bits per heavy atom. The molecule has 204 valence electrons. The van der Waals surface area contributed by atoms with E-state index in [0.29, 0.717) is 0 Å². The molecule has 1 aromatic rings. The molecule has 17 nitrogen and oxygen atoms in total. The van der Waals surface area contributed by atoms with Crippen molar-refractivity contribution in [2.75, 3.05) is 117 Å². The predicted octanol–water partition coefficient (Wildman–Crippen LogP) is -1.52. The topological polar surface area (TPSA) is 172 Å². The summed E-state index contributed by atoms with van der Waals surface area (Å²) in [6, 6.07) is 0. The van der Waals surface area contributed by atoms with E-state index in [9.17, 15) is 10.2 Å². The monoisotopic (exact) mass is 512 g/mol. The fourth-order valence-corrected chi connectivity index (χ4v) is 2.31. The number of rotatable bonds is 23. The van der Waals surface area contributed by atoms with Crippen LogP contribution in [0.25, 0.3) is 0 Å². The van der Waals surface area contributed by atoms with E-state index in [1.807, 2.05) is 0 Å². The largest absolute Gasteiger partial charge is 0.376 e. The summed E-state index contributed by atoms with van der Waals surface area (Å²) in [5, 5.41) is 19.6. The Morgan fingerprint density at radius 2 is 0.857 bits per heavy atom. The number of hydrogen-bond acceptors (Lipinski definition) is 17. The van der Waals surface area contributed by atoms with Gasteiger partial charge in [-0.3, -0.25) is 14.7 Å². The summed E-state index contributed by atoms with van der Waals surface area (Å²) >= 11 is 0. The van der Waals surface area contributed by atoms with E-state index in [0.717, 1.165) is 0 Å². The number of methoxy groups -OCH3 is 4. The molecule has 0 atom stereocenters. The van der Waals surface area contributed by atoms with E-state index in [1.165, 1.54) is 38.2 Å². The van der Waals surface area contributed by atoms with Gasteiger partial charge in [0.25, 0.3) is 0 Å². The smallest absolute Gasteiger partial charge is 0.235 e. The van der Waals surface area contributed by atoms with Crippen LogP contribution in [0.2, 0.25) is 0 Å². The molecule has 0 aliphatic heterocycles. The molecule has 0 aliphatic rings. The van der Waals surface area contributed by atoms with Crippen molar-refractivity contribution >= 4 is 17.8 Å². The molecule has 0 bridgehead atoms. The van der Waals surface area contributed by atoms with E-state index in [-0.39, 0.29) is 78.7 Å². The van der Waals surface area contributed by atoms with Gasteiger partial charge in [0.15, 0.2) is 27.2 Å². The van der Waals surface area contributed by atoms with E-state index in [4.69, 9.17) is 42.6 Å². The predicted molar refractivity (Wildman–Crippen MR) is 119 cm³/mol. The number of hydrogen-bond donors (Lipinski definition) is 2. The number of nitrogens with zero attached hydrogens (tertiary/aromatic N) is 6. The van der Waals surface area contributed by atoms with Crippen LogP contribution in [0, 0.1) is 0 Å². The van der Waals surface area contributed by atoms with Crippen LogP contribution in [-0.2, 0) is 42.6 Å². The van der Waals surface area contributed by atoms with Crippen LogP contribution in [-0.4, -0.2) is 128 Å². The summed E-state index contributed by atoms with van der Waals surface area (Å²) in [4.78, 5) is 17.3. The molecule has 1 heterocycles. The molecule has 0 radical (unpaired) electrons. The summed E-state index contributed by atoms with van der Waals surface area (Å²) in [6.45, 7) is -0.903. The lowest BCUT2D eigenvalue weighted by atomic mass is 10.6. The SMILES string of the molecule is COCOCOCOCOCOCN(CO)c1nc(N(CO)COC)nc(N(COC)COC)n1. The standard InChI is InChI=1S/C18H36N6O11/c1-27-7-22(5-25)16-19-17(21-18(20-16)24(8-28-2)9-29-3)23(6-26)10-31-12-33-14-35-15-34-13-32-11-30-4/h25-26H,5-15H2,1-4H3. The molecule has 1 rings (SSSR count). The van der Waals surface area contributed by atoms with E-state index < -0.39 is 13.5 Å². The highest BCUT2D eigenvalue weighted by molar-refractivity contribution is 5.45. The van der Waals surface area contributed by atoms with Crippen molar-refractivity contribution in [3.63, 3.8) is 0 Å². The van der Waals surface area contributed by atoms with Gasteiger partial charge in [-0.15, -0.1) is 0 Å². The Bertz CT molecular complexity index is 645. The van der Waals surface area contributed by atoms with Crippen molar-refractivity contribution in [1.29, 1.82) is 0 Å². The van der Waals surface area contributed by atoms with E-state index in [1.54, 1.807) is 4.90 Å². The maximum atomic E-state index is 9.86. The molecule has 0 unspecified atom stereocenters. The van der Waals surface area contributed by atoms with Gasteiger partial charge >= 0.3 is 0 Å². The average Bonchev–Trinajstić information content (AvgIpc) is 2.87. The second kappa shape index (κ2) is 20.2. The summed E-state index contributed by atoms with van der Waals surface area (Å²) in [6.07, 6.45) is 0. The van der Waals surface area contributed by atoms with Crippen LogP contribution in [0.4, 0.5) is 17.8 Å². The fraction of sp³-hybridized carbons (Fsp3) is 0.833. The van der Waals surface area contributed by atoms with Crippen molar-refractivity contribution < 1.29 is 52.8 Å². The molecule has 0 aliphatic carbocycles. The Hall–Kier alpha value is -2.03. The summed E-state index contributed by atoms with van der Waals surface area (Å²) in [5.41, 5.74) is 0. The summed E-state index contributed by atoms with van der Waals surface area (Å²) < 4.78 is 45.7. The average molecular weight is 513 g/mol. The van der Waals surface area contributed by atoms with Gasteiger partial charge in [-0.2, -0.15) is 15.0 Å². The van der Waals surface area contributed by atoms with Crippen LogP contribution in [0.1, 0.15) is 0 Å². The minimum atomic E-state index is -0.479. The lowest BCUT2D eigenvalue weighted by Gasteiger charge is -2.26. The Kier molecular flexibility index (Phi) is 17.9. The van der Waals surface area contributed by atoms with E-state index in [2.05, 4.69) is 15.0 Å². The molecule has 0 spiro atoms. The lowest BCUT2D eigenvalue weighted by molar-refractivity contribution is -0.203. The first-order valence-electron chi connectivity index (χ1n) is 10.2. The molecular formula is C18H36N6O11. The second-order valence-electron chi connectivity index (χ2n) is 6.42. The highest BCUT2D eigenvalue weighted by Crippen LogP contribution is 2.19. The molecule has 0 saturated heterocycles. The zero-order valence-electron chi connectivity index (χ0n) is 20.5. The highest BCUT2D eigenvalue weighted by Gasteiger charge is 2.20. The van der Waals surface area contributed by atoms with Crippen LogP contribution >= 0.6 is 0 Å².